The number of hydrogen-bond donors (Lipinski definition) is 1. The highest BCUT2D eigenvalue weighted by molar-refractivity contribution is 8.30. The number of unbranched alkanes of at least 4 members (excludes halogenated alkanes) is 3. The van der Waals surface area contributed by atoms with E-state index in [9.17, 15) is 14.2 Å². The lowest BCUT2D eigenvalue weighted by Crippen LogP contribution is -2.48. The number of carbonyl (C=O) groups is 1. The van der Waals surface area contributed by atoms with E-state index in [0.29, 0.717) is 17.9 Å². The van der Waals surface area contributed by atoms with Gasteiger partial charge in [-0.15, -0.1) is 0 Å². The highest BCUT2D eigenvalue weighted by Crippen LogP contribution is 2.38. The van der Waals surface area contributed by atoms with Crippen LogP contribution in [0.3, 0.4) is 0 Å². The summed E-state index contributed by atoms with van der Waals surface area (Å²) >= 11 is 4.80. The third-order valence-electron chi connectivity index (χ3n) is 4.29. The number of carbonyl (C=O) groups excluding carboxylic acids is 1. The predicted octanol–water partition coefficient (Wildman–Crippen LogP) is 2.27. The third kappa shape index (κ3) is 5.49. The number of hydroxylamine groups is 2. The Morgan fingerprint density at radius 1 is 1.29 bits per heavy atom. The summed E-state index contributed by atoms with van der Waals surface area (Å²) in [5, 5.41) is 16.1. The summed E-state index contributed by atoms with van der Waals surface area (Å²) in [6.45, 7) is 7.70. The molecule has 1 atom stereocenters. The van der Waals surface area contributed by atoms with Gasteiger partial charge in [0.25, 0.3) is 0 Å². The maximum atomic E-state index is 12.3. The highest BCUT2D eigenvalue weighted by atomic mass is 32.8. The second kappa shape index (κ2) is 8.23. The Labute approximate surface area is 150 Å². The molecule has 0 aromatic carbocycles. The molecule has 0 saturated carbocycles. The molecule has 0 aromatic heterocycles. The molecule has 140 valence electrons. The molecule has 1 rings (SSSR count). The minimum absolute atomic E-state index is 0.181. The average Bonchev–Trinajstić information content (AvgIpc) is 2.66. The van der Waals surface area contributed by atoms with E-state index in [0.717, 1.165) is 30.7 Å². The van der Waals surface area contributed by atoms with E-state index in [2.05, 4.69) is 5.32 Å². The maximum Gasteiger partial charge on any atom is 0.248 e. The van der Waals surface area contributed by atoms with Crippen molar-refractivity contribution < 1.29 is 13.2 Å². The molecule has 1 heterocycles. The second-order valence-corrected chi connectivity index (χ2v) is 10.5. The predicted molar refractivity (Wildman–Crippen MR) is 100 cm³/mol. The summed E-state index contributed by atoms with van der Waals surface area (Å²) in [6, 6.07) is 0. The summed E-state index contributed by atoms with van der Waals surface area (Å²) in [7, 11) is -1.17. The van der Waals surface area contributed by atoms with Crippen LogP contribution in [0, 0.1) is 5.21 Å². The molecule has 0 fully saturated rings. The Balaban J connectivity index is 2.33. The summed E-state index contributed by atoms with van der Waals surface area (Å²) in [6.07, 6.45) is 5.14. The molecule has 0 bridgehead atoms. The van der Waals surface area contributed by atoms with Crippen molar-refractivity contribution in [3.8, 4) is 0 Å². The fourth-order valence-electron chi connectivity index (χ4n) is 2.90. The van der Waals surface area contributed by atoms with Crippen molar-refractivity contribution >= 4 is 25.9 Å². The number of nitrogens with one attached hydrogen (secondary N) is 1. The molecule has 8 heteroatoms. The van der Waals surface area contributed by atoms with Gasteiger partial charge >= 0.3 is 0 Å². The zero-order valence-corrected chi connectivity index (χ0v) is 16.8. The van der Waals surface area contributed by atoms with Crippen molar-refractivity contribution in [3.63, 3.8) is 0 Å². The second-order valence-electron chi connectivity index (χ2n) is 7.16. The van der Waals surface area contributed by atoms with Crippen molar-refractivity contribution in [1.82, 2.24) is 10.4 Å². The molecule has 1 aliphatic rings. The summed E-state index contributed by atoms with van der Waals surface area (Å²) < 4.78 is 16.3. The molecule has 0 aliphatic carbocycles. The third-order valence-corrected chi connectivity index (χ3v) is 6.50. The fourth-order valence-corrected chi connectivity index (χ4v) is 3.98. The fraction of sp³-hybridized carbons (Fsp3) is 0.812. The minimum Gasteiger partial charge on any atom is -0.784 e. The summed E-state index contributed by atoms with van der Waals surface area (Å²) in [5.41, 5.74) is -0.972. The zero-order chi connectivity index (χ0) is 18.6. The lowest BCUT2D eigenvalue weighted by atomic mass is 9.96. The molecule has 1 aliphatic heterocycles. The molecular weight excluding hydrogens is 348 g/mol. The van der Waals surface area contributed by atoms with Crippen LogP contribution in [0.1, 0.15) is 53.4 Å². The van der Waals surface area contributed by atoms with Crippen LogP contribution < -0.4 is 5.32 Å². The molecular formula is C16H29N2O4S2-. The molecule has 0 saturated heterocycles. The van der Waals surface area contributed by atoms with Crippen LogP contribution in [0.15, 0.2) is 11.6 Å². The molecule has 6 nitrogen and oxygen atoms in total. The molecule has 0 spiro atoms. The van der Waals surface area contributed by atoms with Crippen molar-refractivity contribution in [2.75, 3.05) is 19.4 Å². The van der Waals surface area contributed by atoms with Gasteiger partial charge in [0, 0.05) is 34.4 Å². The lowest BCUT2D eigenvalue weighted by molar-refractivity contribution is -0.118. The van der Waals surface area contributed by atoms with Crippen LogP contribution >= 0.6 is 0 Å². The first-order chi connectivity index (χ1) is 10.9. The van der Waals surface area contributed by atoms with Crippen LogP contribution in [0.2, 0.25) is 0 Å². The van der Waals surface area contributed by atoms with Crippen molar-refractivity contribution in [1.29, 1.82) is 0 Å². The first kappa shape index (κ1) is 21.5. The van der Waals surface area contributed by atoms with E-state index in [1.54, 1.807) is 33.8 Å². The molecule has 0 aromatic rings. The monoisotopic (exact) mass is 377 g/mol. The summed E-state index contributed by atoms with van der Waals surface area (Å²) in [4.78, 5) is 12.3. The van der Waals surface area contributed by atoms with E-state index in [4.69, 9.17) is 15.4 Å². The SMILES string of the molecule is COS(=O)(=S)CCCCCCNC(=O)C1=CC(C)(C)N([O-])C1(C)C. The normalized spacial score (nSPS) is 22.0. The summed E-state index contributed by atoms with van der Waals surface area (Å²) in [5.74, 6) is 0.208. The van der Waals surface area contributed by atoms with E-state index in [1.165, 1.54) is 7.11 Å². The standard InChI is InChI=1S/C16H29N2O4S2/c1-15(2)12-13(16(3,4)18(15)20)14(19)17-10-8-6-7-9-11-24(21,23)22-5/h12H,6-11H2,1-5H3,(H,17,19)/q-1. The van der Waals surface area contributed by atoms with Crippen molar-refractivity contribution in [3.05, 3.63) is 16.9 Å². The van der Waals surface area contributed by atoms with Crippen LogP contribution in [-0.2, 0) is 28.9 Å². The first-order valence-corrected chi connectivity index (χ1v) is 10.8. The van der Waals surface area contributed by atoms with E-state index >= 15 is 0 Å². The van der Waals surface area contributed by atoms with Gasteiger partial charge in [-0.2, -0.15) is 0 Å². The van der Waals surface area contributed by atoms with E-state index < -0.39 is 19.9 Å². The Hall–Kier alpha value is -0.540. The van der Waals surface area contributed by atoms with Crippen LogP contribution in [0.25, 0.3) is 0 Å². The zero-order valence-electron chi connectivity index (χ0n) is 15.2. The largest absolute Gasteiger partial charge is 0.784 e. The maximum absolute atomic E-state index is 12.3. The quantitative estimate of drug-likeness (QED) is 0.621. The van der Waals surface area contributed by atoms with Gasteiger partial charge in [-0.3, -0.25) is 8.98 Å². The molecule has 1 amide bonds. The lowest BCUT2D eigenvalue weighted by Gasteiger charge is -2.47. The number of hydrogen-bond acceptors (Lipinski definition) is 6. The van der Waals surface area contributed by atoms with Gasteiger partial charge in [-0.1, -0.05) is 18.9 Å². The molecule has 0 radical (unpaired) electrons. The average molecular weight is 378 g/mol. The Morgan fingerprint density at radius 3 is 2.38 bits per heavy atom. The number of amides is 1. The van der Waals surface area contributed by atoms with Crippen molar-refractivity contribution in [2.24, 2.45) is 0 Å². The van der Waals surface area contributed by atoms with Gasteiger partial charge in [0.05, 0.1) is 12.9 Å². The Morgan fingerprint density at radius 2 is 1.88 bits per heavy atom. The van der Waals surface area contributed by atoms with Gasteiger partial charge < -0.3 is 15.6 Å². The van der Waals surface area contributed by atoms with Gasteiger partial charge in [-0.25, -0.2) is 4.21 Å². The minimum atomic E-state index is -2.54. The van der Waals surface area contributed by atoms with Crippen LogP contribution in [0.5, 0.6) is 0 Å². The van der Waals surface area contributed by atoms with Crippen LogP contribution in [-0.4, -0.2) is 45.7 Å². The highest BCUT2D eigenvalue weighted by Gasteiger charge is 2.42. The Bertz CT molecular complexity index is 583. The topological polar surface area (TPSA) is 81.7 Å². The Kier molecular flexibility index (Phi) is 7.37. The molecule has 1 unspecified atom stereocenters. The van der Waals surface area contributed by atoms with Crippen LogP contribution in [0.4, 0.5) is 0 Å². The number of nitrogens with zero attached hydrogens (tertiary/aromatic N) is 1. The first-order valence-electron chi connectivity index (χ1n) is 8.21. The van der Waals surface area contributed by atoms with Gasteiger partial charge in [0.2, 0.25) is 5.91 Å². The van der Waals surface area contributed by atoms with E-state index in [-0.39, 0.29) is 5.91 Å². The molecule has 1 N–H and O–H groups in total. The van der Waals surface area contributed by atoms with Gasteiger partial charge in [0.15, 0.2) is 0 Å². The van der Waals surface area contributed by atoms with Crippen molar-refractivity contribution in [2.45, 2.75) is 64.5 Å². The van der Waals surface area contributed by atoms with Gasteiger partial charge in [-0.05, 0) is 40.5 Å². The smallest absolute Gasteiger partial charge is 0.248 e. The molecule has 24 heavy (non-hydrogen) atoms. The van der Waals surface area contributed by atoms with Gasteiger partial charge in [0.1, 0.15) is 8.77 Å². The van der Waals surface area contributed by atoms with E-state index in [1.807, 2.05) is 0 Å². The number of rotatable bonds is 9.